The van der Waals surface area contributed by atoms with Gasteiger partial charge in [0, 0.05) is 10.0 Å². The monoisotopic (exact) mass is 414 g/mol. The highest BCUT2D eigenvalue weighted by atomic mass is 79.9. The van der Waals surface area contributed by atoms with E-state index in [0.717, 1.165) is 25.3 Å². The van der Waals surface area contributed by atoms with E-state index in [4.69, 9.17) is 0 Å². The molecule has 1 aromatic heterocycles. The number of benzene rings is 1. The lowest BCUT2D eigenvalue weighted by Crippen LogP contribution is -2.19. The van der Waals surface area contributed by atoms with Crippen molar-refractivity contribution < 1.29 is 4.79 Å². The van der Waals surface area contributed by atoms with Crippen LogP contribution in [0.25, 0.3) is 0 Å². The maximum absolute atomic E-state index is 12.0. The summed E-state index contributed by atoms with van der Waals surface area (Å²) >= 11 is 8.37. The minimum absolute atomic E-state index is 0.215. The van der Waals surface area contributed by atoms with Crippen LogP contribution in [-0.2, 0) is 0 Å². The number of amides is 1. The standard InChI is InChI=1S/C14H12Br2N2OS/c1-2-11(12-6-7-13(16)20-12)17-18-14(19)9-4-3-5-10(15)8-9/h3-8H,2H2,1H3,(H,18,19)/b17-11+. The van der Waals surface area contributed by atoms with Crippen LogP contribution in [-0.4, -0.2) is 11.6 Å². The molecule has 0 fully saturated rings. The third kappa shape index (κ3) is 4.01. The molecule has 0 spiro atoms. The molecule has 6 heteroatoms. The Hall–Kier alpha value is -0.980. The van der Waals surface area contributed by atoms with Gasteiger partial charge in [0.05, 0.1) is 14.4 Å². The topological polar surface area (TPSA) is 41.5 Å². The quantitative estimate of drug-likeness (QED) is 0.564. The van der Waals surface area contributed by atoms with Gasteiger partial charge in [0.1, 0.15) is 0 Å². The first kappa shape index (κ1) is 15.4. The summed E-state index contributed by atoms with van der Waals surface area (Å²) in [6, 6.07) is 11.2. The van der Waals surface area contributed by atoms with Crippen LogP contribution in [0.15, 0.2) is 49.8 Å². The molecule has 1 amide bonds. The van der Waals surface area contributed by atoms with E-state index in [1.807, 2.05) is 31.2 Å². The van der Waals surface area contributed by atoms with Crippen LogP contribution in [0.5, 0.6) is 0 Å². The molecule has 0 saturated carbocycles. The first-order chi connectivity index (χ1) is 9.60. The number of nitrogens with zero attached hydrogens (tertiary/aromatic N) is 1. The van der Waals surface area contributed by atoms with E-state index < -0.39 is 0 Å². The van der Waals surface area contributed by atoms with Gasteiger partial charge in [-0.25, -0.2) is 5.43 Å². The van der Waals surface area contributed by atoms with E-state index in [1.165, 1.54) is 0 Å². The Kier molecular flexibility index (Phi) is 5.51. The number of thiophene rings is 1. The fraction of sp³-hybridized carbons (Fsp3) is 0.143. The number of carbonyl (C=O) groups excluding carboxylic acids is 1. The normalized spacial score (nSPS) is 11.4. The van der Waals surface area contributed by atoms with Gasteiger partial charge >= 0.3 is 0 Å². The maximum Gasteiger partial charge on any atom is 0.271 e. The van der Waals surface area contributed by atoms with Gasteiger partial charge in [0.2, 0.25) is 0 Å². The lowest BCUT2D eigenvalue weighted by Gasteiger charge is -2.03. The minimum atomic E-state index is -0.215. The summed E-state index contributed by atoms with van der Waals surface area (Å²) in [6.07, 6.45) is 0.756. The SMILES string of the molecule is CC/C(=N\NC(=O)c1cccc(Br)c1)c1ccc(Br)s1. The van der Waals surface area contributed by atoms with Crippen molar-refractivity contribution in [3.8, 4) is 0 Å². The number of rotatable bonds is 4. The van der Waals surface area contributed by atoms with Crippen LogP contribution in [0.1, 0.15) is 28.6 Å². The summed E-state index contributed by atoms with van der Waals surface area (Å²) in [6.45, 7) is 2.01. The molecule has 0 saturated heterocycles. The van der Waals surface area contributed by atoms with Crippen molar-refractivity contribution in [1.29, 1.82) is 0 Å². The van der Waals surface area contributed by atoms with E-state index in [0.29, 0.717) is 5.56 Å². The second-order valence-electron chi connectivity index (χ2n) is 3.97. The van der Waals surface area contributed by atoms with Crippen molar-refractivity contribution in [1.82, 2.24) is 5.43 Å². The Morgan fingerprint density at radius 2 is 2.10 bits per heavy atom. The largest absolute Gasteiger partial charge is 0.271 e. The molecule has 104 valence electrons. The van der Waals surface area contributed by atoms with Gasteiger partial charge in [-0.2, -0.15) is 5.10 Å². The Balaban J connectivity index is 2.12. The Labute approximate surface area is 138 Å². The van der Waals surface area contributed by atoms with Gasteiger partial charge in [-0.1, -0.05) is 28.9 Å². The summed E-state index contributed by atoms with van der Waals surface area (Å²) < 4.78 is 1.92. The molecule has 0 bridgehead atoms. The Morgan fingerprint density at radius 1 is 1.30 bits per heavy atom. The Morgan fingerprint density at radius 3 is 2.70 bits per heavy atom. The molecule has 1 N–H and O–H groups in total. The van der Waals surface area contributed by atoms with Crippen molar-refractivity contribution in [2.45, 2.75) is 13.3 Å². The number of carbonyl (C=O) groups is 1. The molecule has 20 heavy (non-hydrogen) atoms. The average Bonchev–Trinajstić information content (AvgIpc) is 2.86. The van der Waals surface area contributed by atoms with E-state index in [9.17, 15) is 4.79 Å². The molecular weight excluding hydrogens is 404 g/mol. The summed E-state index contributed by atoms with van der Waals surface area (Å²) in [7, 11) is 0. The van der Waals surface area contributed by atoms with Crippen LogP contribution in [0.4, 0.5) is 0 Å². The molecule has 0 aliphatic carbocycles. The first-order valence-corrected chi connectivity index (χ1v) is 8.38. The molecule has 1 heterocycles. The van der Waals surface area contributed by atoms with E-state index >= 15 is 0 Å². The number of halogens is 2. The van der Waals surface area contributed by atoms with Crippen LogP contribution in [0, 0.1) is 0 Å². The smallest absolute Gasteiger partial charge is 0.267 e. The van der Waals surface area contributed by atoms with Gasteiger partial charge in [-0.15, -0.1) is 11.3 Å². The van der Waals surface area contributed by atoms with Gasteiger partial charge in [0.15, 0.2) is 0 Å². The number of hydrogen-bond donors (Lipinski definition) is 1. The molecule has 0 aliphatic heterocycles. The lowest BCUT2D eigenvalue weighted by molar-refractivity contribution is 0.0954. The fourth-order valence-electron chi connectivity index (χ4n) is 1.59. The highest BCUT2D eigenvalue weighted by Crippen LogP contribution is 2.23. The highest BCUT2D eigenvalue weighted by molar-refractivity contribution is 9.11. The van der Waals surface area contributed by atoms with Crippen molar-refractivity contribution in [2.24, 2.45) is 5.10 Å². The summed E-state index contributed by atoms with van der Waals surface area (Å²) in [4.78, 5) is 13.1. The van der Waals surface area contributed by atoms with Gasteiger partial charge in [-0.05, 0) is 52.7 Å². The van der Waals surface area contributed by atoms with Gasteiger partial charge < -0.3 is 0 Å². The van der Waals surface area contributed by atoms with E-state index in [-0.39, 0.29) is 5.91 Å². The van der Waals surface area contributed by atoms with Crippen molar-refractivity contribution in [3.63, 3.8) is 0 Å². The number of nitrogens with one attached hydrogen (secondary N) is 1. The van der Waals surface area contributed by atoms with Crippen LogP contribution in [0.2, 0.25) is 0 Å². The third-order valence-corrected chi connectivity index (χ3v) is 4.74. The third-order valence-electron chi connectivity index (χ3n) is 2.57. The molecule has 2 aromatic rings. The molecule has 0 radical (unpaired) electrons. The summed E-state index contributed by atoms with van der Waals surface area (Å²) in [5.74, 6) is -0.215. The predicted octanol–water partition coefficient (Wildman–Crippen LogP) is 4.82. The molecule has 2 rings (SSSR count). The average molecular weight is 416 g/mol. The summed E-state index contributed by atoms with van der Waals surface area (Å²) in [5.41, 5.74) is 4.04. The molecule has 1 aromatic carbocycles. The highest BCUT2D eigenvalue weighted by Gasteiger charge is 2.08. The minimum Gasteiger partial charge on any atom is -0.267 e. The predicted molar refractivity (Wildman–Crippen MR) is 90.5 cm³/mol. The zero-order chi connectivity index (χ0) is 14.5. The zero-order valence-electron chi connectivity index (χ0n) is 10.7. The van der Waals surface area contributed by atoms with Gasteiger partial charge in [0.25, 0.3) is 5.91 Å². The van der Waals surface area contributed by atoms with Gasteiger partial charge in [-0.3, -0.25) is 4.79 Å². The van der Waals surface area contributed by atoms with Crippen molar-refractivity contribution in [3.05, 3.63) is 55.1 Å². The second kappa shape index (κ2) is 7.15. The van der Waals surface area contributed by atoms with Crippen LogP contribution < -0.4 is 5.43 Å². The van der Waals surface area contributed by atoms with Crippen molar-refractivity contribution >= 4 is 54.8 Å². The second-order valence-corrected chi connectivity index (χ2v) is 7.35. The zero-order valence-corrected chi connectivity index (χ0v) is 14.7. The first-order valence-electron chi connectivity index (χ1n) is 5.98. The summed E-state index contributed by atoms with van der Waals surface area (Å²) in [5, 5.41) is 4.22. The number of hydrogen-bond acceptors (Lipinski definition) is 3. The van der Waals surface area contributed by atoms with Crippen molar-refractivity contribution in [2.75, 3.05) is 0 Å². The van der Waals surface area contributed by atoms with E-state index in [2.05, 4.69) is 42.4 Å². The van der Waals surface area contributed by atoms with Crippen LogP contribution in [0.3, 0.4) is 0 Å². The molecule has 0 aliphatic rings. The lowest BCUT2D eigenvalue weighted by atomic mass is 10.2. The molecule has 0 atom stereocenters. The molecule has 0 unspecified atom stereocenters. The van der Waals surface area contributed by atoms with Crippen LogP contribution >= 0.6 is 43.2 Å². The Bertz CT molecular complexity index is 652. The number of hydrazone groups is 1. The van der Waals surface area contributed by atoms with E-state index in [1.54, 1.807) is 23.5 Å². The maximum atomic E-state index is 12.0. The fourth-order valence-corrected chi connectivity index (χ4v) is 3.43. The molecule has 3 nitrogen and oxygen atoms in total. The molecular formula is C14H12Br2N2OS.